The molecule has 24 heavy (non-hydrogen) atoms. The normalized spacial score (nSPS) is 19.0. The fourth-order valence-corrected chi connectivity index (χ4v) is 3.88. The van der Waals surface area contributed by atoms with Crippen LogP contribution in [-0.2, 0) is 12.7 Å². The average Bonchev–Trinajstić information content (AvgIpc) is 2.92. The van der Waals surface area contributed by atoms with Crippen LogP contribution in [0.4, 0.5) is 18.3 Å². The molecule has 1 aromatic heterocycles. The zero-order valence-corrected chi connectivity index (χ0v) is 14.6. The fraction of sp³-hybridized carbons (Fsp3) is 0.438. The molecule has 1 atom stereocenters. The molecule has 2 heterocycles. The molecule has 0 spiro atoms. The summed E-state index contributed by atoms with van der Waals surface area (Å²) in [5.74, 6) is 0. The Bertz CT molecular complexity index is 675. The van der Waals surface area contributed by atoms with Gasteiger partial charge in [-0.05, 0) is 31.0 Å². The third-order valence-electron chi connectivity index (χ3n) is 4.17. The van der Waals surface area contributed by atoms with E-state index >= 15 is 0 Å². The summed E-state index contributed by atoms with van der Waals surface area (Å²) in [6, 6.07) is 5.69. The van der Waals surface area contributed by atoms with Gasteiger partial charge < -0.3 is 5.73 Å². The topological polar surface area (TPSA) is 42.1 Å². The molecule has 2 aromatic rings. The minimum absolute atomic E-state index is 0. The zero-order valence-electron chi connectivity index (χ0n) is 12.9. The molecule has 8 heteroatoms. The minimum Gasteiger partial charge on any atom is -0.375 e. The van der Waals surface area contributed by atoms with Crippen molar-refractivity contribution in [1.29, 1.82) is 0 Å². The maximum atomic E-state index is 13.3. The number of nitrogens with zero attached hydrogens (tertiary/aromatic N) is 2. The highest BCUT2D eigenvalue weighted by Crippen LogP contribution is 2.40. The summed E-state index contributed by atoms with van der Waals surface area (Å²) < 4.78 is 40.0. The number of piperidine rings is 1. The van der Waals surface area contributed by atoms with Crippen LogP contribution in [0.15, 0.2) is 30.5 Å². The van der Waals surface area contributed by atoms with Crippen LogP contribution < -0.4 is 5.73 Å². The first-order valence-electron chi connectivity index (χ1n) is 7.55. The number of nitrogens with two attached hydrogens (primary N) is 1. The van der Waals surface area contributed by atoms with Crippen LogP contribution >= 0.6 is 23.7 Å². The molecule has 1 saturated heterocycles. The smallest absolute Gasteiger partial charge is 0.375 e. The Balaban J connectivity index is 0.00000208. The third-order valence-corrected chi connectivity index (χ3v) is 4.98. The Morgan fingerprint density at radius 2 is 2.00 bits per heavy atom. The van der Waals surface area contributed by atoms with Crippen molar-refractivity contribution in [2.75, 3.05) is 12.3 Å². The third kappa shape index (κ3) is 4.20. The van der Waals surface area contributed by atoms with Crippen molar-refractivity contribution in [3.8, 4) is 0 Å². The van der Waals surface area contributed by atoms with E-state index < -0.39 is 11.7 Å². The highest BCUT2D eigenvalue weighted by Gasteiger charge is 2.37. The van der Waals surface area contributed by atoms with Crippen LogP contribution in [0.25, 0.3) is 0 Å². The molecule has 1 fully saturated rings. The lowest BCUT2D eigenvalue weighted by molar-refractivity contribution is -0.139. The number of halogens is 4. The molecule has 1 aliphatic rings. The van der Waals surface area contributed by atoms with E-state index in [1.807, 2.05) is 0 Å². The van der Waals surface area contributed by atoms with E-state index in [0.29, 0.717) is 17.2 Å². The maximum absolute atomic E-state index is 13.3. The second-order valence-electron chi connectivity index (χ2n) is 5.73. The number of aromatic nitrogens is 1. The summed E-state index contributed by atoms with van der Waals surface area (Å²) >= 11 is 1.39. The van der Waals surface area contributed by atoms with Gasteiger partial charge in [-0.3, -0.25) is 4.90 Å². The van der Waals surface area contributed by atoms with E-state index in [-0.39, 0.29) is 18.4 Å². The summed E-state index contributed by atoms with van der Waals surface area (Å²) in [7, 11) is 0. The molecule has 3 rings (SSSR count). The van der Waals surface area contributed by atoms with Crippen LogP contribution in [0.3, 0.4) is 0 Å². The molecule has 1 aromatic carbocycles. The fourth-order valence-electron chi connectivity index (χ4n) is 3.17. The van der Waals surface area contributed by atoms with Gasteiger partial charge in [-0.1, -0.05) is 24.6 Å². The highest BCUT2D eigenvalue weighted by molar-refractivity contribution is 7.15. The highest BCUT2D eigenvalue weighted by atomic mass is 35.5. The number of benzene rings is 1. The molecule has 2 N–H and O–H groups in total. The Hall–Kier alpha value is -1.31. The van der Waals surface area contributed by atoms with Crippen molar-refractivity contribution in [3.05, 3.63) is 46.5 Å². The van der Waals surface area contributed by atoms with Crippen LogP contribution in [-0.4, -0.2) is 16.4 Å². The molecule has 0 bridgehead atoms. The SMILES string of the molecule is Cl.Nc1ncc(CN2CCCCC2c2ccccc2C(F)(F)F)s1. The van der Waals surface area contributed by atoms with Gasteiger partial charge in [0.1, 0.15) is 0 Å². The van der Waals surface area contributed by atoms with Gasteiger partial charge in [0.25, 0.3) is 0 Å². The van der Waals surface area contributed by atoms with Crippen molar-refractivity contribution in [3.63, 3.8) is 0 Å². The molecule has 0 radical (unpaired) electrons. The van der Waals surface area contributed by atoms with Crippen molar-refractivity contribution in [2.45, 2.75) is 38.0 Å². The summed E-state index contributed by atoms with van der Waals surface area (Å²) in [4.78, 5) is 7.12. The lowest BCUT2D eigenvalue weighted by atomic mass is 9.91. The lowest BCUT2D eigenvalue weighted by Gasteiger charge is -2.36. The van der Waals surface area contributed by atoms with Gasteiger partial charge in [-0.25, -0.2) is 4.98 Å². The Labute approximate surface area is 149 Å². The predicted molar refractivity (Wildman–Crippen MR) is 92.2 cm³/mol. The molecule has 0 aliphatic carbocycles. The monoisotopic (exact) mass is 377 g/mol. The quantitative estimate of drug-likeness (QED) is 0.827. The van der Waals surface area contributed by atoms with E-state index in [0.717, 1.165) is 30.7 Å². The van der Waals surface area contributed by atoms with Gasteiger partial charge in [0.15, 0.2) is 5.13 Å². The molecule has 3 nitrogen and oxygen atoms in total. The summed E-state index contributed by atoms with van der Waals surface area (Å²) in [5.41, 5.74) is 5.50. The van der Waals surface area contributed by atoms with E-state index in [2.05, 4.69) is 9.88 Å². The Kier molecular flexibility index (Phi) is 6.11. The molecule has 0 amide bonds. The Morgan fingerprint density at radius 1 is 1.25 bits per heavy atom. The van der Waals surface area contributed by atoms with Gasteiger partial charge in [-0.2, -0.15) is 13.2 Å². The number of anilines is 1. The number of likely N-dealkylation sites (tertiary alicyclic amines) is 1. The average molecular weight is 378 g/mol. The van der Waals surface area contributed by atoms with Crippen molar-refractivity contribution < 1.29 is 13.2 Å². The first kappa shape index (κ1) is 19.0. The Morgan fingerprint density at radius 3 is 2.67 bits per heavy atom. The largest absolute Gasteiger partial charge is 0.416 e. The number of alkyl halides is 3. The molecule has 1 aliphatic heterocycles. The first-order valence-corrected chi connectivity index (χ1v) is 8.37. The molecular weight excluding hydrogens is 359 g/mol. The number of nitrogen functional groups attached to an aromatic ring is 1. The zero-order chi connectivity index (χ0) is 16.4. The molecular formula is C16H19ClF3N3S. The van der Waals surface area contributed by atoms with Crippen LogP contribution in [0.1, 0.15) is 41.3 Å². The van der Waals surface area contributed by atoms with Gasteiger partial charge >= 0.3 is 6.18 Å². The number of thiazole rings is 1. The number of hydrogen-bond acceptors (Lipinski definition) is 4. The van der Waals surface area contributed by atoms with E-state index in [1.54, 1.807) is 18.3 Å². The summed E-state index contributed by atoms with van der Waals surface area (Å²) in [6.45, 7) is 1.38. The molecule has 132 valence electrons. The second kappa shape index (κ2) is 7.72. The van der Waals surface area contributed by atoms with Gasteiger partial charge in [0.05, 0.1) is 5.56 Å². The molecule has 0 saturated carbocycles. The van der Waals surface area contributed by atoms with E-state index in [4.69, 9.17) is 5.73 Å². The van der Waals surface area contributed by atoms with Gasteiger partial charge in [0.2, 0.25) is 0 Å². The van der Waals surface area contributed by atoms with E-state index in [9.17, 15) is 13.2 Å². The minimum atomic E-state index is -4.32. The van der Waals surface area contributed by atoms with Crippen molar-refractivity contribution in [2.24, 2.45) is 0 Å². The summed E-state index contributed by atoms with van der Waals surface area (Å²) in [5, 5.41) is 0.490. The second-order valence-corrected chi connectivity index (χ2v) is 6.88. The van der Waals surface area contributed by atoms with Gasteiger partial charge in [-0.15, -0.1) is 23.7 Å². The maximum Gasteiger partial charge on any atom is 0.416 e. The predicted octanol–water partition coefficient (Wildman–Crippen LogP) is 4.89. The lowest BCUT2D eigenvalue weighted by Crippen LogP contribution is -2.33. The number of hydrogen-bond donors (Lipinski definition) is 1. The van der Waals surface area contributed by atoms with Gasteiger partial charge in [0, 0.05) is 23.7 Å². The standard InChI is InChI=1S/C16H18F3N3S.ClH/c17-16(18,19)13-6-2-1-5-12(13)14-7-3-4-8-22(14)10-11-9-21-15(20)23-11;/h1-2,5-6,9,14H,3-4,7-8,10H2,(H2,20,21);1H. The van der Waals surface area contributed by atoms with Crippen molar-refractivity contribution in [1.82, 2.24) is 9.88 Å². The van der Waals surface area contributed by atoms with Crippen LogP contribution in [0.2, 0.25) is 0 Å². The number of rotatable bonds is 3. The molecule has 1 unspecified atom stereocenters. The van der Waals surface area contributed by atoms with E-state index in [1.165, 1.54) is 23.5 Å². The van der Waals surface area contributed by atoms with Crippen LogP contribution in [0.5, 0.6) is 0 Å². The van der Waals surface area contributed by atoms with Crippen LogP contribution in [0, 0.1) is 0 Å². The summed E-state index contributed by atoms with van der Waals surface area (Å²) in [6.07, 6.45) is 0.0640. The first-order chi connectivity index (χ1) is 10.9. The van der Waals surface area contributed by atoms with Crippen molar-refractivity contribution >= 4 is 28.9 Å².